The van der Waals surface area contributed by atoms with Crippen molar-refractivity contribution in [3.8, 4) is 0 Å². The predicted octanol–water partition coefficient (Wildman–Crippen LogP) is 0.282. The molecule has 0 atom stereocenters. The number of aliphatic imine (C=N–C) groups is 1. The van der Waals surface area contributed by atoms with Crippen molar-refractivity contribution in [3.63, 3.8) is 0 Å². The van der Waals surface area contributed by atoms with Crippen LogP contribution in [0.1, 0.15) is 8.35 Å². The smallest absolute Gasteiger partial charge is 0.0507 e. The van der Waals surface area contributed by atoms with Gasteiger partial charge in [-0.15, -0.1) is 0 Å². The van der Waals surface area contributed by atoms with E-state index in [-0.39, 0.29) is 1.43 Å². The molecule has 0 spiro atoms. The largest absolute Gasteiger partial charge is 0.329 e. The van der Waals surface area contributed by atoms with E-state index in [2.05, 4.69) is 4.99 Å². The van der Waals surface area contributed by atoms with Crippen molar-refractivity contribution in [3.05, 3.63) is 0 Å². The summed E-state index contributed by atoms with van der Waals surface area (Å²) in [5.74, 6) is 0. The van der Waals surface area contributed by atoms with Gasteiger partial charge in [-0.2, -0.15) is 0 Å². The highest BCUT2D eigenvalue weighted by Gasteiger charge is 1.64. The second kappa shape index (κ2) is 4.63. The van der Waals surface area contributed by atoms with Crippen LogP contribution in [-0.4, -0.2) is 19.3 Å². The third-order valence-corrected chi connectivity index (χ3v) is 0.441. The zero-order valence-electron chi connectivity index (χ0n) is 4.02. The van der Waals surface area contributed by atoms with Gasteiger partial charge >= 0.3 is 0 Å². The molecule has 0 radical (unpaired) electrons. The molecule has 0 rings (SSSR count). The minimum absolute atomic E-state index is 0. The summed E-state index contributed by atoms with van der Waals surface area (Å²) >= 11 is 0. The van der Waals surface area contributed by atoms with Crippen LogP contribution in [0.4, 0.5) is 0 Å². The Labute approximate surface area is 39.6 Å². The van der Waals surface area contributed by atoms with Crippen LogP contribution in [0, 0.1) is 0 Å². The first-order valence-electron chi connectivity index (χ1n) is 2.06. The quantitative estimate of drug-likeness (QED) is 0.484. The molecule has 0 aliphatic heterocycles. The summed E-state index contributed by atoms with van der Waals surface area (Å²) in [6.07, 6.45) is 1.76. The normalized spacial score (nSPS) is 10.3. The average molecular weight is 88.2 g/mol. The van der Waals surface area contributed by atoms with Crippen molar-refractivity contribution in [1.82, 2.24) is 0 Å². The molecular weight excluding hydrogens is 76.1 g/mol. The monoisotopic (exact) mass is 88.1 g/mol. The molecule has 0 saturated carbocycles. The zero-order chi connectivity index (χ0) is 4.83. The van der Waals surface area contributed by atoms with Crippen LogP contribution in [0.2, 0.25) is 0 Å². The second-order valence-electron chi connectivity index (χ2n) is 0.953. The number of hydrogen-bond donors (Lipinski definition) is 1. The molecule has 0 aliphatic carbocycles. The van der Waals surface area contributed by atoms with Crippen molar-refractivity contribution >= 4 is 6.21 Å². The third-order valence-electron chi connectivity index (χ3n) is 0.441. The molecule has 0 amide bonds. The van der Waals surface area contributed by atoms with Gasteiger partial charge in [-0.1, -0.05) is 0 Å². The molecule has 0 heterocycles. The summed E-state index contributed by atoms with van der Waals surface area (Å²) in [6, 6.07) is 0. The highest BCUT2D eigenvalue weighted by Crippen LogP contribution is 1.57. The lowest BCUT2D eigenvalue weighted by Crippen LogP contribution is -2.01. The Morgan fingerprint density at radius 3 is 2.83 bits per heavy atom. The lowest BCUT2D eigenvalue weighted by atomic mass is 10.7. The van der Waals surface area contributed by atoms with Gasteiger partial charge < -0.3 is 5.73 Å². The van der Waals surface area contributed by atoms with Crippen molar-refractivity contribution in [2.24, 2.45) is 10.7 Å². The van der Waals surface area contributed by atoms with Crippen LogP contribution in [0.25, 0.3) is 0 Å². The summed E-state index contributed by atoms with van der Waals surface area (Å²) in [5, 5.41) is 0. The first-order valence-corrected chi connectivity index (χ1v) is 2.06. The van der Waals surface area contributed by atoms with Gasteiger partial charge in [-0.3, -0.25) is 4.99 Å². The molecule has 0 aliphatic rings. The fourth-order valence-corrected chi connectivity index (χ4v) is 0.204. The van der Waals surface area contributed by atoms with E-state index < -0.39 is 0 Å². The minimum atomic E-state index is 0. The van der Waals surface area contributed by atoms with Crippen molar-refractivity contribution in [2.75, 3.05) is 13.1 Å². The Balaban J connectivity index is 0. The maximum Gasteiger partial charge on any atom is 0.0507 e. The lowest BCUT2D eigenvalue weighted by Gasteiger charge is -1.78. The van der Waals surface area contributed by atoms with E-state index >= 15 is 0 Å². The average Bonchev–Trinajstić information content (AvgIpc) is 1.61. The first-order chi connectivity index (χ1) is 2.91. The third kappa shape index (κ3) is 3.63. The highest BCUT2D eigenvalue weighted by molar-refractivity contribution is 5.53. The van der Waals surface area contributed by atoms with E-state index in [4.69, 9.17) is 5.73 Å². The van der Waals surface area contributed by atoms with E-state index in [1.165, 1.54) is 0 Å². The predicted molar refractivity (Wildman–Crippen MR) is 30.2 cm³/mol. The fourth-order valence-electron chi connectivity index (χ4n) is 0.204. The molecule has 0 aromatic heterocycles. The minimum Gasteiger partial charge on any atom is -0.329 e. The van der Waals surface area contributed by atoms with E-state index in [1.54, 1.807) is 6.21 Å². The molecule has 0 bridgehead atoms. The van der Waals surface area contributed by atoms with Gasteiger partial charge in [0.05, 0.1) is 6.54 Å². The molecule has 0 unspecified atom stereocenters. The molecule has 2 N–H and O–H groups in total. The van der Waals surface area contributed by atoms with Crippen LogP contribution in [-0.2, 0) is 0 Å². The van der Waals surface area contributed by atoms with Crippen molar-refractivity contribution in [1.29, 1.82) is 0 Å². The van der Waals surface area contributed by atoms with Gasteiger partial charge in [0.25, 0.3) is 0 Å². The summed E-state index contributed by atoms with van der Waals surface area (Å²) in [4.78, 5) is 3.84. The van der Waals surface area contributed by atoms with Gasteiger partial charge in [-0.25, -0.2) is 0 Å². The molecule has 38 valence electrons. The number of hydrogen-bond acceptors (Lipinski definition) is 2. The van der Waals surface area contributed by atoms with Crippen LogP contribution >= 0.6 is 0 Å². The van der Waals surface area contributed by atoms with Crippen molar-refractivity contribution < 1.29 is 1.43 Å². The van der Waals surface area contributed by atoms with Crippen LogP contribution in [0.5, 0.6) is 0 Å². The van der Waals surface area contributed by atoms with Gasteiger partial charge in [0.1, 0.15) is 0 Å². The number of nitrogens with zero attached hydrogens (tertiary/aromatic N) is 1. The molecule has 0 aromatic rings. The lowest BCUT2D eigenvalue weighted by molar-refractivity contribution is 0.980. The summed E-state index contributed by atoms with van der Waals surface area (Å²) in [5.41, 5.74) is 5.10. The molecule has 0 aromatic carbocycles. The Hall–Kier alpha value is -0.370. The van der Waals surface area contributed by atoms with E-state index in [9.17, 15) is 0 Å². The van der Waals surface area contributed by atoms with Gasteiger partial charge in [-0.05, 0) is 13.1 Å². The van der Waals surface area contributed by atoms with Gasteiger partial charge in [0, 0.05) is 7.97 Å². The number of nitrogens with two attached hydrogens (primary N) is 1. The van der Waals surface area contributed by atoms with E-state index in [0.29, 0.717) is 6.54 Å². The first kappa shape index (κ1) is 5.63. The SMILES string of the molecule is CC=NCCN.[HH]. The molecular formula is C4H12N2. The van der Waals surface area contributed by atoms with Crippen LogP contribution in [0.3, 0.4) is 0 Å². The molecule has 2 nitrogen and oxygen atoms in total. The molecule has 0 saturated heterocycles. The molecule has 0 fully saturated rings. The zero-order valence-corrected chi connectivity index (χ0v) is 4.02. The van der Waals surface area contributed by atoms with E-state index in [0.717, 1.165) is 6.54 Å². The van der Waals surface area contributed by atoms with Gasteiger partial charge in [0.2, 0.25) is 0 Å². The highest BCUT2D eigenvalue weighted by atomic mass is 14.7. The topological polar surface area (TPSA) is 38.4 Å². The molecule has 2 heteroatoms. The maximum absolute atomic E-state index is 5.10. The maximum atomic E-state index is 5.10. The summed E-state index contributed by atoms with van der Waals surface area (Å²) < 4.78 is 0. The standard InChI is InChI=1S/C4H10N2.H2/c1-2-6-4-3-5;/h2H,3-5H2,1H3;1H. The Kier molecular flexibility index (Phi) is 4.34. The van der Waals surface area contributed by atoms with Crippen LogP contribution < -0.4 is 5.73 Å². The number of rotatable bonds is 2. The summed E-state index contributed by atoms with van der Waals surface area (Å²) in [7, 11) is 0. The summed E-state index contributed by atoms with van der Waals surface area (Å²) in [6.45, 7) is 3.30. The fraction of sp³-hybridized carbons (Fsp3) is 0.750. The molecule has 6 heavy (non-hydrogen) atoms. The Morgan fingerprint density at radius 1 is 2.00 bits per heavy atom. The second-order valence-corrected chi connectivity index (χ2v) is 0.953. The Morgan fingerprint density at radius 2 is 2.67 bits per heavy atom. The van der Waals surface area contributed by atoms with E-state index in [1.807, 2.05) is 6.92 Å². The Bertz CT molecular complexity index is 45.0. The van der Waals surface area contributed by atoms with Crippen LogP contribution in [0.15, 0.2) is 4.99 Å². The van der Waals surface area contributed by atoms with Gasteiger partial charge in [0.15, 0.2) is 0 Å². The van der Waals surface area contributed by atoms with Crippen molar-refractivity contribution in [2.45, 2.75) is 6.92 Å².